The lowest BCUT2D eigenvalue weighted by atomic mass is 9.92. The highest BCUT2D eigenvalue weighted by molar-refractivity contribution is 6.01. The van der Waals surface area contributed by atoms with Gasteiger partial charge in [-0.25, -0.2) is 9.97 Å². The van der Waals surface area contributed by atoms with Crippen LogP contribution in [0.15, 0.2) is 97.1 Å². The molecule has 2 aliphatic rings. The largest absolute Gasteiger partial charge is 0.399 e. The van der Waals surface area contributed by atoms with Gasteiger partial charge in [-0.2, -0.15) is 0 Å². The van der Waals surface area contributed by atoms with Crippen molar-refractivity contribution in [3.8, 4) is 44.5 Å². The third-order valence-corrected chi connectivity index (χ3v) is 11.0. The second-order valence-electron chi connectivity index (χ2n) is 15.3. The molecule has 8 bridgehead atoms. The minimum Gasteiger partial charge on any atom is -0.399 e. The Morgan fingerprint density at radius 1 is 0.357 bits per heavy atom. The Morgan fingerprint density at radius 3 is 0.964 bits per heavy atom. The lowest BCUT2D eigenvalue weighted by Gasteiger charge is -2.13. The summed E-state index contributed by atoms with van der Waals surface area (Å²) in [5.74, 6) is 0. The number of nitrogens with two attached hydrogens (primary N) is 2. The molecule has 4 aromatic carbocycles. The van der Waals surface area contributed by atoms with Crippen LogP contribution in [-0.4, -0.2) is 19.9 Å². The number of H-pyrrole nitrogens is 2. The highest BCUT2D eigenvalue weighted by Crippen LogP contribution is 2.41. The Balaban J connectivity index is 1.50. The zero-order valence-electron chi connectivity index (χ0n) is 32.6. The summed E-state index contributed by atoms with van der Waals surface area (Å²) in [4.78, 5) is 18.7. The zero-order valence-corrected chi connectivity index (χ0v) is 32.6. The third kappa shape index (κ3) is 6.00. The van der Waals surface area contributed by atoms with E-state index in [0.29, 0.717) is 11.4 Å². The molecule has 0 atom stereocenters. The Hall–Kier alpha value is -6.92. The molecule has 0 saturated heterocycles. The molecule has 0 radical (unpaired) electrons. The SMILES string of the molecule is Cc1cc(C)c(-c2c3nc(c(-c4ccc(N)cc4)c4ccc([nH]4)c(-c4c(C)cc(C)cc4C)c4nc(c(-c5ccc(N)cc5)c5ccc2[nH]5)C=C4)C=C3)c(C)c1. The highest BCUT2D eigenvalue weighted by Gasteiger charge is 2.21. The van der Waals surface area contributed by atoms with Crippen molar-refractivity contribution in [2.24, 2.45) is 0 Å². The fourth-order valence-electron chi connectivity index (χ4n) is 8.79. The number of fused-ring (bicyclic) bond motifs is 8. The van der Waals surface area contributed by atoms with Gasteiger partial charge in [-0.15, -0.1) is 0 Å². The van der Waals surface area contributed by atoms with E-state index in [2.05, 4.69) is 149 Å². The maximum Gasteiger partial charge on any atom is 0.0737 e. The number of hydrogen-bond donors (Lipinski definition) is 4. The minimum atomic E-state index is 0.712. The van der Waals surface area contributed by atoms with Crippen LogP contribution in [0.3, 0.4) is 0 Å². The van der Waals surface area contributed by atoms with Crippen LogP contribution in [0, 0.1) is 41.5 Å². The summed E-state index contributed by atoms with van der Waals surface area (Å²) in [6.07, 6.45) is 8.57. The first-order valence-corrected chi connectivity index (χ1v) is 19.1. The van der Waals surface area contributed by atoms with Crippen molar-refractivity contribution in [1.82, 2.24) is 19.9 Å². The van der Waals surface area contributed by atoms with E-state index in [4.69, 9.17) is 21.4 Å². The molecule has 6 heteroatoms. The molecule has 3 aromatic heterocycles. The van der Waals surface area contributed by atoms with E-state index in [1.807, 2.05) is 24.3 Å². The van der Waals surface area contributed by atoms with E-state index < -0.39 is 0 Å². The first-order valence-electron chi connectivity index (χ1n) is 19.1. The molecular weight excluding hydrogens is 685 g/mol. The van der Waals surface area contributed by atoms with Gasteiger partial charge < -0.3 is 21.4 Å². The molecule has 2 aliphatic heterocycles. The molecule has 0 spiro atoms. The fraction of sp³-hybridized carbons (Fsp3) is 0.120. The van der Waals surface area contributed by atoms with Gasteiger partial charge in [-0.3, -0.25) is 0 Å². The highest BCUT2D eigenvalue weighted by atomic mass is 14.8. The van der Waals surface area contributed by atoms with Gasteiger partial charge in [-0.1, -0.05) is 59.7 Å². The predicted molar refractivity (Wildman–Crippen MR) is 238 cm³/mol. The summed E-state index contributed by atoms with van der Waals surface area (Å²) in [6, 6.07) is 33.8. The standard InChI is InChI=1S/C50H44N6/c1-27-23-29(3)45(30(4)24-27)49-41-19-15-37(53-41)47(33-7-11-35(51)12-8-33)39-17-21-43(55-39)50(46-31(5)25-28(2)26-32(46)6)44-22-18-40(56-44)48(38-16-20-42(49)54-38)34-9-13-36(52)14-10-34/h7-26,53,56H,51-52H2,1-6H3. The number of anilines is 2. The zero-order chi connectivity index (χ0) is 38.8. The second kappa shape index (κ2) is 13.4. The number of benzene rings is 4. The fourth-order valence-corrected chi connectivity index (χ4v) is 8.79. The summed E-state index contributed by atoms with van der Waals surface area (Å²) in [7, 11) is 0. The van der Waals surface area contributed by atoms with E-state index in [0.717, 1.165) is 89.4 Å². The van der Waals surface area contributed by atoms with Crippen LogP contribution in [-0.2, 0) is 0 Å². The molecular formula is C50H44N6. The van der Waals surface area contributed by atoms with Crippen molar-refractivity contribution >= 4 is 57.7 Å². The normalized spacial score (nSPS) is 12.1. The average Bonchev–Trinajstić information content (AvgIpc) is 3.99. The van der Waals surface area contributed by atoms with Gasteiger partial charge in [0.05, 0.1) is 22.8 Å². The van der Waals surface area contributed by atoms with E-state index in [-0.39, 0.29) is 0 Å². The quantitative estimate of drug-likeness (QED) is 0.135. The Bertz CT molecular complexity index is 2720. The topological polar surface area (TPSA) is 109 Å². The van der Waals surface area contributed by atoms with Crippen LogP contribution in [0.4, 0.5) is 11.4 Å². The average molecular weight is 729 g/mol. The number of nitrogens with zero attached hydrogens (tertiary/aromatic N) is 2. The van der Waals surface area contributed by atoms with Gasteiger partial charge in [0.2, 0.25) is 0 Å². The van der Waals surface area contributed by atoms with Gasteiger partial charge in [0, 0.05) is 55.7 Å². The first kappa shape index (κ1) is 34.8. The van der Waals surface area contributed by atoms with E-state index in [1.54, 1.807) is 0 Å². The number of hydrogen-bond acceptors (Lipinski definition) is 4. The maximum atomic E-state index is 6.22. The lowest BCUT2D eigenvalue weighted by Crippen LogP contribution is -1.95. The van der Waals surface area contributed by atoms with Gasteiger partial charge in [0.25, 0.3) is 0 Å². The molecule has 56 heavy (non-hydrogen) atoms. The van der Waals surface area contributed by atoms with E-state index >= 15 is 0 Å². The number of rotatable bonds is 4. The second-order valence-corrected chi connectivity index (χ2v) is 15.3. The molecule has 5 heterocycles. The Morgan fingerprint density at radius 2 is 0.643 bits per heavy atom. The molecule has 274 valence electrons. The molecule has 0 aliphatic carbocycles. The van der Waals surface area contributed by atoms with Crippen LogP contribution >= 0.6 is 0 Å². The van der Waals surface area contributed by atoms with E-state index in [9.17, 15) is 0 Å². The molecule has 7 aromatic rings. The summed E-state index contributed by atoms with van der Waals surface area (Å²) >= 11 is 0. The smallest absolute Gasteiger partial charge is 0.0737 e. The predicted octanol–water partition coefficient (Wildman–Crippen LogP) is 12.3. The monoisotopic (exact) mass is 728 g/mol. The van der Waals surface area contributed by atoms with Crippen molar-refractivity contribution in [3.05, 3.63) is 153 Å². The molecule has 6 nitrogen and oxygen atoms in total. The number of aromatic nitrogens is 4. The van der Waals surface area contributed by atoms with E-state index in [1.165, 1.54) is 33.4 Å². The maximum absolute atomic E-state index is 6.22. The van der Waals surface area contributed by atoms with Crippen molar-refractivity contribution in [1.29, 1.82) is 0 Å². The molecule has 0 unspecified atom stereocenters. The minimum absolute atomic E-state index is 0.712. The summed E-state index contributed by atoms with van der Waals surface area (Å²) in [6.45, 7) is 13.1. The Labute approximate surface area is 327 Å². The van der Waals surface area contributed by atoms with Crippen molar-refractivity contribution < 1.29 is 0 Å². The Kier molecular flexibility index (Phi) is 8.35. The van der Waals surface area contributed by atoms with Crippen LogP contribution in [0.2, 0.25) is 0 Å². The van der Waals surface area contributed by atoms with Crippen LogP contribution in [0.25, 0.3) is 90.9 Å². The van der Waals surface area contributed by atoms with Crippen molar-refractivity contribution in [2.45, 2.75) is 41.5 Å². The number of nitrogen functional groups attached to an aromatic ring is 2. The van der Waals surface area contributed by atoms with Crippen molar-refractivity contribution in [2.75, 3.05) is 11.5 Å². The van der Waals surface area contributed by atoms with Gasteiger partial charge >= 0.3 is 0 Å². The number of nitrogens with one attached hydrogen (secondary N) is 2. The molecule has 0 amide bonds. The van der Waals surface area contributed by atoms with Gasteiger partial charge in [0.1, 0.15) is 0 Å². The van der Waals surface area contributed by atoms with Crippen LogP contribution in [0.1, 0.15) is 56.2 Å². The van der Waals surface area contributed by atoms with Crippen LogP contribution < -0.4 is 11.5 Å². The summed E-state index contributed by atoms with van der Waals surface area (Å²) in [5, 5.41) is 0. The van der Waals surface area contributed by atoms with Crippen molar-refractivity contribution in [3.63, 3.8) is 0 Å². The summed E-state index contributed by atoms with van der Waals surface area (Å²) < 4.78 is 0. The molecule has 9 rings (SSSR count). The molecule has 0 fully saturated rings. The lowest BCUT2D eigenvalue weighted by molar-refractivity contribution is 1.28. The molecule has 6 N–H and O–H groups in total. The van der Waals surface area contributed by atoms with Gasteiger partial charge in [-0.05, 0) is 159 Å². The van der Waals surface area contributed by atoms with Crippen LogP contribution in [0.5, 0.6) is 0 Å². The van der Waals surface area contributed by atoms with Gasteiger partial charge in [0.15, 0.2) is 0 Å². The number of aryl methyl sites for hydroxylation is 6. The summed E-state index contributed by atoms with van der Waals surface area (Å²) in [5.41, 5.74) is 36.9. The molecule has 0 saturated carbocycles. The number of aromatic amines is 2. The first-order chi connectivity index (χ1) is 27.0. The third-order valence-electron chi connectivity index (χ3n) is 11.0.